The Hall–Kier alpha value is -0.210. The van der Waals surface area contributed by atoms with E-state index in [1.54, 1.807) is 0 Å². The molecule has 0 aliphatic carbocycles. The highest BCUT2D eigenvalue weighted by molar-refractivity contribution is 4.77. The van der Waals surface area contributed by atoms with Gasteiger partial charge in [0.2, 0.25) is 0 Å². The molecule has 0 amide bonds. The molecule has 0 aliphatic heterocycles. The molecule has 0 saturated carbocycles. The lowest BCUT2D eigenvalue weighted by molar-refractivity contribution is 0.0978. The molecule has 80 valence electrons. The zero-order valence-electron chi connectivity index (χ0n) is 8.45. The molecule has 0 unspecified atom stereocenters. The third kappa shape index (κ3) is 4.53. The highest BCUT2D eigenvalue weighted by Gasteiger charge is 2.30. The van der Waals surface area contributed by atoms with Gasteiger partial charge in [-0.15, -0.1) is 0 Å². The minimum Gasteiger partial charge on any atom is -0.250 e. The Morgan fingerprint density at radius 3 is 1.77 bits per heavy atom. The van der Waals surface area contributed by atoms with E-state index in [1.807, 2.05) is 13.8 Å². The van der Waals surface area contributed by atoms with Crippen LogP contribution in [-0.2, 0) is 0 Å². The average molecular weight is 196 g/mol. The molecule has 0 saturated heterocycles. The van der Waals surface area contributed by atoms with Gasteiger partial charge in [0.25, 0.3) is 0 Å². The van der Waals surface area contributed by atoms with Gasteiger partial charge in [-0.25, -0.2) is 0 Å². The van der Waals surface area contributed by atoms with E-state index < -0.39 is 25.4 Å². The predicted molar refractivity (Wildman–Crippen MR) is 49.0 cm³/mol. The van der Waals surface area contributed by atoms with Gasteiger partial charge < -0.3 is 0 Å². The number of hydrogen-bond acceptors (Lipinski definition) is 0. The molecule has 0 heterocycles. The van der Waals surface area contributed by atoms with Crippen molar-refractivity contribution in [3.63, 3.8) is 0 Å². The molecule has 0 bridgehead atoms. The number of hydrogen-bond donors (Lipinski definition) is 0. The lowest BCUT2D eigenvalue weighted by Gasteiger charge is -2.24. The summed E-state index contributed by atoms with van der Waals surface area (Å²) in [6, 6.07) is 0. The van der Waals surface area contributed by atoms with E-state index in [4.69, 9.17) is 0 Å². The van der Waals surface area contributed by atoms with E-state index in [0.29, 0.717) is 18.8 Å². The van der Waals surface area contributed by atoms with E-state index in [1.165, 1.54) is 0 Å². The average Bonchev–Trinajstić information content (AvgIpc) is 2.13. The molecule has 0 aliphatic rings. The first-order valence-corrected chi connectivity index (χ1v) is 4.78. The van der Waals surface area contributed by atoms with Crippen LogP contribution in [0, 0.1) is 11.3 Å². The fraction of sp³-hybridized carbons (Fsp3) is 1.00. The third-order valence-corrected chi connectivity index (χ3v) is 2.34. The van der Waals surface area contributed by atoms with Crippen molar-refractivity contribution in [3.05, 3.63) is 0 Å². The van der Waals surface area contributed by atoms with Crippen molar-refractivity contribution in [3.8, 4) is 0 Å². The Kier molecular flexibility index (Phi) is 6.17. The SMILES string of the molecule is CC(C)CCCC(CF)(CF)CF. The fourth-order valence-corrected chi connectivity index (χ4v) is 1.19. The number of rotatable bonds is 7. The van der Waals surface area contributed by atoms with Gasteiger partial charge in [-0.1, -0.05) is 26.7 Å². The first-order chi connectivity index (χ1) is 6.10. The molecule has 0 radical (unpaired) electrons. The van der Waals surface area contributed by atoms with Crippen LogP contribution in [0.5, 0.6) is 0 Å². The Morgan fingerprint density at radius 2 is 1.46 bits per heavy atom. The predicted octanol–water partition coefficient (Wildman–Crippen LogP) is 3.71. The highest BCUT2D eigenvalue weighted by atomic mass is 19.1. The van der Waals surface area contributed by atoms with Gasteiger partial charge >= 0.3 is 0 Å². The lowest BCUT2D eigenvalue weighted by atomic mass is 9.86. The second-order valence-electron chi connectivity index (χ2n) is 4.19. The van der Waals surface area contributed by atoms with Gasteiger partial charge in [0, 0.05) is 0 Å². The van der Waals surface area contributed by atoms with Crippen LogP contribution in [0.15, 0.2) is 0 Å². The van der Waals surface area contributed by atoms with Crippen LogP contribution in [0.25, 0.3) is 0 Å². The number of alkyl halides is 3. The molecule has 0 aromatic rings. The summed E-state index contributed by atoms with van der Waals surface area (Å²) < 4.78 is 37.1. The summed E-state index contributed by atoms with van der Waals surface area (Å²) in [5.74, 6) is 0.511. The molecular weight excluding hydrogens is 177 g/mol. The van der Waals surface area contributed by atoms with E-state index in [0.717, 1.165) is 6.42 Å². The molecule has 0 rings (SSSR count). The van der Waals surface area contributed by atoms with Gasteiger partial charge in [-0.3, -0.25) is 13.2 Å². The van der Waals surface area contributed by atoms with Crippen LogP contribution in [-0.4, -0.2) is 20.0 Å². The smallest absolute Gasteiger partial charge is 0.100 e. The van der Waals surface area contributed by atoms with Crippen molar-refractivity contribution in [1.82, 2.24) is 0 Å². The maximum atomic E-state index is 12.4. The molecular formula is C10H19F3. The second-order valence-corrected chi connectivity index (χ2v) is 4.19. The summed E-state index contributed by atoms with van der Waals surface area (Å²) in [5.41, 5.74) is -1.34. The minimum atomic E-state index is -1.34. The van der Waals surface area contributed by atoms with Crippen molar-refractivity contribution in [2.45, 2.75) is 33.1 Å². The summed E-state index contributed by atoms with van der Waals surface area (Å²) in [6.07, 6.45) is 1.92. The van der Waals surface area contributed by atoms with Crippen molar-refractivity contribution in [1.29, 1.82) is 0 Å². The van der Waals surface area contributed by atoms with Crippen molar-refractivity contribution in [2.75, 3.05) is 20.0 Å². The standard InChI is InChI=1S/C10H19F3/c1-9(2)4-3-5-10(6-11,7-12)8-13/h9H,3-8H2,1-2H3. The maximum absolute atomic E-state index is 12.4. The summed E-state index contributed by atoms with van der Waals surface area (Å²) in [7, 11) is 0. The van der Waals surface area contributed by atoms with E-state index >= 15 is 0 Å². The summed E-state index contributed by atoms with van der Waals surface area (Å²) >= 11 is 0. The largest absolute Gasteiger partial charge is 0.250 e. The Morgan fingerprint density at radius 1 is 1.00 bits per heavy atom. The van der Waals surface area contributed by atoms with E-state index in [-0.39, 0.29) is 0 Å². The normalized spacial score (nSPS) is 12.5. The molecule has 0 aromatic carbocycles. The van der Waals surface area contributed by atoms with E-state index in [9.17, 15) is 13.2 Å². The van der Waals surface area contributed by atoms with Crippen LogP contribution in [0.4, 0.5) is 13.2 Å². The topological polar surface area (TPSA) is 0 Å². The Balaban J connectivity index is 3.81. The van der Waals surface area contributed by atoms with Crippen molar-refractivity contribution < 1.29 is 13.2 Å². The first-order valence-electron chi connectivity index (χ1n) is 4.78. The van der Waals surface area contributed by atoms with Crippen molar-refractivity contribution >= 4 is 0 Å². The molecule has 0 spiro atoms. The maximum Gasteiger partial charge on any atom is 0.100 e. The Bertz CT molecular complexity index is 111. The van der Waals surface area contributed by atoms with Gasteiger partial charge in [-0.05, 0) is 12.3 Å². The van der Waals surface area contributed by atoms with E-state index in [2.05, 4.69) is 0 Å². The van der Waals surface area contributed by atoms with Crippen LogP contribution in [0.1, 0.15) is 33.1 Å². The third-order valence-electron chi connectivity index (χ3n) is 2.34. The monoisotopic (exact) mass is 196 g/mol. The Labute approximate surface area is 78.5 Å². The second kappa shape index (κ2) is 6.28. The van der Waals surface area contributed by atoms with Crippen molar-refractivity contribution in [2.24, 2.45) is 11.3 Å². The van der Waals surface area contributed by atoms with Gasteiger partial charge in [0.1, 0.15) is 20.0 Å². The summed E-state index contributed by atoms with van der Waals surface area (Å²) in [4.78, 5) is 0. The summed E-state index contributed by atoms with van der Waals surface area (Å²) in [5, 5.41) is 0. The van der Waals surface area contributed by atoms with Crippen LogP contribution in [0.3, 0.4) is 0 Å². The lowest BCUT2D eigenvalue weighted by Crippen LogP contribution is -2.28. The van der Waals surface area contributed by atoms with Gasteiger partial charge in [0.05, 0.1) is 5.41 Å². The quantitative estimate of drug-likeness (QED) is 0.582. The zero-order valence-corrected chi connectivity index (χ0v) is 8.45. The summed E-state index contributed by atoms with van der Waals surface area (Å²) in [6.45, 7) is 1.42. The minimum absolute atomic E-state index is 0.314. The molecule has 13 heavy (non-hydrogen) atoms. The van der Waals surface area contributed by atoms with Crippen LogP contribution in [0.2, 0.25) is 0 Å². The van der Waals surface area contributed by atoms with Crippen LogP contribution >= 0.6 is 0 Å². The molecule has 0 N–H and O–H groups in total. The van der Waals surface area contributed by atoms with Gasteiger partial charge in [-0.2, -0.15) is 0 Å². The highest BCUT2D eigenvalue weighted by Crippen LogP contribution is 2.27. The first kappa shape index (κ1) is 12.8. The molecule has 0 aromatic heterocycles. The fourth-order valence-electron chi connectivity index (χ4n) is 1.19. The number of halogens is 3. The molecule has 0 nitrogen and oxygen atoms in total. The van der Waals surface area contributed by atoms with Crippen LogP contribution < -0.4 is 0 Å². The molecule has 3 heteroatoms. The van der Waals surface area contributed by atoms with Gasteiger partial charge in [0.15, 0.2) is 0 Å². The zero-order chi connectivity index (χ0) is 10.3. The molecule has 0 atom stereocenters. The molecule has 0 fully saturated rings.